The van der Waals surface area contributed by atoms with E-state index in [-0.39, 0.29) is 0 Å². The van der Waals surface area contributed by atoms with Crippen molar-refractivity contribution in [1.29, 1.82) is 0 Å². The van der Waals surface area contributed by atoms with Crippen molar-refractivity contribution in [3.05, 3.63) is 175 Å². The number of aromatic nitrogens is 1. The first kappa shape index (κ1) is 26.8. The third-order valence-corrected chi connectivity index (χ3v) is 9.59. The molecule has 1 unspecified atom stereocenters. The van der Waals surface area contributed by atoms with E-state index in [0.717, 1.165) is 67.0 Å². The number of hydrogen-bond donors (Lipinski definition) is 1. The molecule has 0 radical (unpaired) electrons. The Morgan fingerprint density at radius 1 is 0.479 bits per heavy atom. The molecule has 7 aromatic carbocycles. The summed E-state index contributed by atoms with van der Waals surface area (Å²) >= 11 is 0. The van der Waals surface area contributed by atoms with E-state index in [1.807, 2.05) is 12.1 Å². The Morgan fingerprint density at radius 3 is 1.79 bits per heavy atom. The predicted octanol–water partition coefficient (Wildman–Crippen LogP) is 11.4. The summed E-state index contributed by atoms with van der Waals surface area (Å²) in [7, 11) is 0. The normalized spacial score (nSPS) is 14.3. The van der Waals surface area contributed by atoms with Gasteiger partial charge >= 0.3 is 0 Å². The average Bonchev–Trinajstić information content (AvgIpc) is 3.69. The zero-order chi connectivity index (χ0) is 31.6. The molecule has 0 saturated heterocycles. The predicted molar refractivity (Wildman–Crippen MR) is 199 cm³/mol. The van der Waals surface area contributed by atoms with Gasteiger partial charge in [-0.3, -0.25) is 0 Å². The van der Waals surface area contributed by atoms with Crippen molar-refractivity contribution in [3.63, 3.8) is 0 Å². The first-order valence-electron chi connectivity index (χ1n) is 16.3. The Labute approximate surface area is 277 Å². The van der Waals surface area contributed by atoms with E-state index >= 15 is 0 Å². The van der Waals surface area contributed by atoms with E-state index in [1.165, 1.54) is 21.5 Å². The quantitative estimate of drug-likeness (QED) is 0.214. The van der Waals surface area contributed by atoms with E-state index in [4.69, 9.17) is 9.41 Å². The van der Waals surface area contributed by atoms with E-state index in [2.05, 4.69) is 162 Å². The standard InChI is InChI=1S/C44H29N3O/c1-3-13-28(14-4-1)32-23-33(29-15-5-2-6-16-29)25-34(24-32)42-41-36-20-10-12-22-40(36)48-43(41)46-44(45-42)47-38-21-11-9-19-35(38)37-26-30-17-7-8-18-31(30)27-39(37)47/h1-27,44,46H. The Balaban J connectivity index is 1.26. The molecule has 4 heteroatoms. The van der Waals surface area contributed by atoms with Crippen LogP contribution in [0.3, 0.4) is 0 Å². The molecule has 0 bridgehead atoms. The SMILES string of the molecule is c1ccc(-c2cc(C3=NC(n4c5ccccc5c5cc6ccccc6cc54)Nc4oc5ccccc5c43)cc(-c3ccccc3)c2)cc1. The second kappa shape index (κ2) is 10.6. The molecule has 0 amide bonds. The molecule has 0 saturated carbocycles. The van der Waals surface area contributed by atoms with Crippen LogP contribution in [0.2, 0.25) is 0 Å². The van der Waals surface area contributed by atoms with Crippen LogP contribution in [-0.2, 0) is 0 Å². The summed E-state index contributed by atoms with van der Waals surface area (Å²) in [5.74, 6) is 0.726. The van der Waals surface area contributed by atoms with Crippen molar-refractivity contribution in [1.82, 2.24) is 4.57 Å². The highest BCUT2D eigenvalue weighted by Gasteiger charge is 2.30. The monoisotopic (exact) mass is 615 g/mol. The van der Waals surface area contributed by atoms with Crippen LogP contribution in [0.15, 0.2) is 173 Å². The minimum Gasteiger partial charge on any atom is -0.440 e. The second-order valence-corrected chi connectivity index (χ2v) is 12.4. The first-order chi connectivity index (χ1) is 23.8. The molecule has 10 rings (SSSR count). The highest BCUT2D eigenvalue weighted by molar-refractivity contribution is 6.23. The summed E-state index contributed by atoms with van der Waals surface area (Å²) in [4.78, 5) is 5.62. The van der Waals surface area contributed by atoms with Crippen LogP contribution >= 0.6 is 0 Å². The topological polar surface area (TPSA) is 42.5 Å². The van der Waals surface area contributed by atoms with Crippen molar-refractivity contribution in [3.8, 4) is 22.3 Å². The number of aliphatic imine (C=N–C) groups is 1. The Morgan fingerprint density at radius 2 is 1.06 bits per heavy atom. The molecule has 0 aliphatic carbocycles. The van der Waals surface area contributed by atoms with Crippen molar-refractivity contribution >= 4 is 55.1 Å². The summed E-state index contributed by atoms with van der Waals surface area (Å²) in [5, 5.41) is 9.58. The van der Waals surface area contributed by atoms with Crippen molar-refractivity contribution in [2.45, 2.75) is 6.29 Å². The van der Waals surface area contributed by atoms with Crippen LogP contribution in [0.1, 0.15) is 17.4 Å². The summed E-state index contributed by atoms with van der Waals surface area (Å²) in [6.45, 7) is 0. The summed E-state index contributed by atoms with van der Waals surface area (Å²) < 4.78 is 8.92. The number of anilines is 1. The molecule has 2 aromatic heterocycles. The summed E-state index contributed by atoms with van der Waals surface area (Å²) in [6.07, 6.45) is -0.447. The van der Waals surface area contributed by atoms with Crippen LogP contribution in [0.5, 0.6) is 0 Å². The third-order valence-electron chi connectivity index (χ3n) is 9.59. The number of benzene rings is 7. The molecule has 3 heterocycles. The molecule has 1 aliphatic rings. The molecule has 0 spiro atoms. The van der Waals surface area contributed by atoms with Gasteiger partial charge in [0, 0.05) is 21.7 Å². The van der Waals surface area contributed by atoms with Crippen LogP contribution in [0.4, 0.5) is 5.88 Å². The molecule has 1 N–H and O–H groups in total. The molecule has 0 fully saturated rings. The van der Waals surface area contributed by atoms with Gasteiger partial charge in [-0.25, -0.2) is 4.99 Å². The van der Waals surface area contributed by atoms with Crippen LogP contribution < -0.4 is 5.32 Å². The van der Waals surface area contributed by atoms with Crippen molar-refractivity contribution < 1.29 is 4.42 Å². The maximum atomic E-state index is 6.59. The smallest absolute Gasteiger partial charge is 0.206 e. The lowest BCUT2D eigenvalue weighted by atomic mass is 9.91. The fourth-order valence-electron chi connectivity index (χ4n) is 7.37. The molecule has 9 aromatic rings. The van der Waals surface area contributed by atoms with Gasteiger partial charge in [0.05, 0.1) is 22.3 Å². The van der Waals surface area contributed by atoms with Crippen LogP contribution in [0.25, 0.3) is 65.8 Å². The molecule has 48 heavy (non-hydrogen) atoms. The number of nitrogens with one attached hydrogen (secondary N) is 1. The maximum absolute atomic E-state index is 6.59. The highest BCUT2D eigenvalue weighted by atomic mass is 16.4. The number of furan rings is 1. The first-order valence-corrected chi connectivity index (χ1v) is 16.3. The number of rotatable bonds is 4. The minimum atomic E-state index is -0.447. The number of fused-ring (bicyclic) bond motifs is 7. The van der Waals surface area contributed by atoms with E-state index in [0.29, 0.717) is 0 Å². The van der Waals surface area contributed by atoms with Gasteiger partial charge in [-0.1, -0.05) is 121 Å². The lowest BCUT2D eigenvalue weighted by molar-refractivity contribution is 0.561. The Hall–Kier alpha value is -6.39. The fraction of sp³-hybridized carbons (Fsp3) is 0.0227. The van der Waals surface area contributed by atoms with Gasteiger partial charge in [-0.05, 0) is 75.5 Å². The molecule has 1 atom stereocenters. The van der Waals surface area contributed by atoms with Gasteiger partial charge in [0.25, 0.3) is 0 Å². The van der Waals surface area contributed by atoms with Crippen LogP contribution in [0, 0.1) is 0 Å². The third kappa shape index (κ3) is 4.20. The lowest BCUT2D eigenvalue weighted by Gasteiger charge is -2.26. The Bertz CT molecular complexity index is 2640. The van der Waals surface area contributed by atoms with Gasteiger partial charge < -0.3 is 14.3 Å². The number of hydrogen-bond acceptors (Lipinski definition) is 3. The highest BCUT2D eigenvalue weighted by Crippen LogP contribution is 2.42. The second-order valence-electron chi connectivity index (χ2n) is 12.4. The summed E-state index contributed by atoms with van der Waals surface area (Å²) in [5.41, 5.74) is 10.6. The number of nitrogens with zero attached hydrogens (tertiary/aromatic N) is 2. The van der Waals surface area contributed by atoms with Gasteiger partial charge in [0.2, 0.25) is 12.2 Å². The van der Waals surface area contributed by atoms with E-state index in [1.54, 1.807) is 0 Å². The molecular weight excluding hydrogens is 587 g/mol. The van der Waals surface area contributed by atoms with Gasteiger partial charge in [-0.2, -0.15) is 0 Å². The number of para-hydroxylation sites is 2. The van der Waals surface area contributed by atoms with Gasteiger partial charge in [0.1, 0.15) is 5.58 Å². The van der Waals surface area contributed by atoms with Gasteiger partial charge in [0.15, 0.2) is 0 Å². The fourth-order valence-corrected chi connectivity index (χ4v) is 7.37. The van der Waals surface area contributed by atoms with Crippen molar-refractivity contribution in [2.75, 3.05) is 5.32 Å². The maximum Gasteiger partial charge on any atom is 0.206 e. The zero-order valence-corrected chi connectivity index (χ0v) is 26.0. The van der Waals surface area contributed by atoms with Gasteiger partial charge in [-0.15, -0.1) is 0 Å². The lowest BCUT2D eigenvalue weighted by Crippen LogP contribution is -2.24. The molecule has 1 aliphatic heterocycles. The van der Waals surface area contributed by atoms with E-state index < -0.39 is 6.29 Å². The summed E-state index contributed by atoms with van der Waals surface area (Å²) in [6, 6.07) is 58.0. The minimum absolute atomic E-state index is 0.447. The van der Waals surface area contributed by atoms with Crippen molar-refractivity contribution in [2.24, 2.45) is 4.99 Å². The van der Waals surface area contributed by atoms with Crippen LogP contribution in [-0.4, -0.2) is 10.3 Å². The van der Waals surface area contributed by atoms with E-state index in [9.17, 15) is 0 Å². The zero-order valence-electron chi connectivity index (χ0n) is 26.0. The Kier molecular flexibility index (Phi) is 5.90. The average molecular weight is 616 g/mol. The molecular formula is C44H29N3O. The molecule has 226 valence electrons. The molecule has 4 nitrogen and oxygen atoms in total. The largest absolute Gasteiger partial charge is 0.440 e.